The minimum atomic E-state index is -3.92. The standard InChI is InChI=1S/C21H28N2O4S/c1-6-15(3)16-8-10-17(11-9-16)19(7-2)22-23-28(24,25)21-14-18(26-4)12-13-20(21)27-5/h8-15,23H,6-7H2,1-5H3/b22-19+/t15-/m1/s1. The molecule has 0 radical (unpaired) electrons. The van der Waals surface area contributed by atoms with Crippen LogP contribution in [0.5, 0.6) is 11.5 Å². The van der Waals surface area contributed by atoms with Crippen molar-refractivity contribution in [1.29, 1.82) is 0 Å². The summed E-state index contributed by atoms with van der Waals surface area (Å²) >= 11 is 0. The van der Waals surface area contributed by atoms with Crippen LogP contribution in [-0.2, 0) is 10.0 Å². The van der Waals surface area contributed by atoms with Crippen LogP contribution in [0.4, 0.5) is 0 Å². The van der Waals surface area contributed by atoms with Crippen molar-refractivity contribution in [2.24, 2.45) is 5.10 Å². The number of benzene rings is 2. The Morgan fingerprint density at radius 2 is 1.75 bits per heavy atom. The Morgan fingerprint density at radius 3 is 2.29 bits per heavy atom. The maximum Gasteiger partial charge on any atom is 0.280 e. The second-order valence-electron chi connectivity index (χ2n) is 6.45. The topological polar surface area (TPSA) is 77.0 Å². The zero-order valence-electron chi connectivity index (χ0n) is 17.0. The zero-order chi connectivity index (χ0) is 20.7. The molecule has 0 heterocycles. The van der Waals surface area contributed by atoms with Gasteiger partial charge in [0.05, 0.1) is 19.9 Å². The van der Waals surface area contributed by atoms with Crippen LogP contribution in [0.15, 0.2) is 52.5 Å². The molecule has 152 valence electrons. The highest BCUT2D eigenvalue weighted by Gasteiger charge is 2.20. The average Bonchev–Trinajstić information content (AvgIpc) is 2.73. The van der Waals surface area contributed by atoms with Crippen molar-refractivity contribution < 1.29 is 17.9 Å². The van der Waals surface area contributed by atoms with Gasteiger partial charge in [0.15, 0.2) is 0 Å². The highest BCUT2D eigenvalue weighted by atomic mass is 32.2. The number of sulfonamides is 1. The third-order valence-electron chi connectivity index (χ3n) is 4.72. The molecule has 0 saturated carbocycles. The molecule has 6 nitrogen and oxygen atoms in total. The van der Waals surface area contributed by atoms with E-state index in [2.05, 4.69) is 35.9 Å². The Balaban J connectivity index is 2.31. The summed E-state index contributed by atoms with van der Waals surface area (Å²) in [4.78, 5) is 2.30. The van der Waals surface area contributed by atoms with Gasteiger partial charge >= 0.3 is 0 Å². The zero-order valence-corrected chi connectivity index (χ0v) is 17.8. The molecule has 0 unspecified atom stereocenters. The van der Waals surface area contributed by atoms with E-state index in [1.165, 1.54) is 25.8 Å². The molecule has 0 bridgehead atoms. The smallest absolute Gasteiger partial charge is 0.280 e. The van der Waals surface area contributed by atoms with Crippen LogP contribution in [0.3, 0.4) is 0 Å². The highest BCUT2D eigenvalue weighted by Crippen LogP contribution is 2.28. The summed E-state index contributed by atoms with van der Waals surface area (Å²) < 4.78 is 35.8. The van der Waals surface area contributed by atoms with Crippen molar-refractivity contribution in [3.8, 4) is 11.5 Å². The number of methoxy groups -OCH3 is 2. The summed E-state index contributed by atoms with van der Waals surface area (Å²) in [5.41, 5.74) is 2.79. The molecular weight excluding hydrogens is 376 g/mol. The van der Waals surface area contributed by atoms with E-state index in [-0.39, 0.29) is 10.6 Å². The van der Waals surface area contributed by atoms with E-state index in [9.17, 15) is 8.42 Å². The number of nitrogens with one attached hydrogen (secondary N) is 1. The van der Waals surface area contributed by atoms with Crippen molar-refractivity contribution in [3.05, 3.63) is 53.6 Å². The molecule has 1 atom stereocenters. The van der Waals surface area contributed by atoms with Crippen LogP contribution in [-0.4, -0.2) is 28.3 Å². The van der Waals surface area contributed by atoms with Crippen molar-refractivity contribution in [2.45, 2.75) is 44.4 Å². The molecule has 2 rings (SSSR count). The lowest BCUT2D eigenvalue weighted by atomic mass is 9.96. The van der Waals surface area contributed by atoms with Crippen LogP contribution >= 0.6 is 0 Å². The first-order valence-corrected chi connectivity index (χ1v) is 10.7. The summed E-state index contributed by atoms with van der Waals surface area (Å²) in [7, 11) is -1.03. The van der Waals surface area contributed by atoms with E-state index >= 15 is 0 Å². The van der Waals surface area contributed by atoms with Gasteiger partial charge in [0, 0.05) is 6.07 Å². The van der Waals surface area contributed by atoms with Gasteiger partial charge in [0.1, 0.15) is 16.4 Å². The molecule has 0 fully saturated rings. The quantitative estimate of drug-likeness (QED) is 0.499. The monoisotopic (exact) mass is 404 g/mol. The Morgan fingerprint density at radius 1 is 1.07 bits per heavy atom. The van der Waals surface area contributed by atoms with Gasteiger partial charge in [-0.3, -0.25) is 0 Å². The summed E-state index contributed by atoms with van der Waals surface area (Å²) in [6.07, 6.45) is 1.65. The van der Waals surface area contributed by atoms with E-state index in [1.807, 2.05) is 19.1 Å². The van der Waals surface area contributed by atoms with Crippen LogP contribution in [0.2, 0.25) is 0 Å². The molecule has 0 spiro atoms. The summed E-state index contributed by atoms with van der Waals surface area (Å²) in [6, 6.07) is 12.7. The molecular formula is C21H28N2O4S. The first-order valence-electron chi connectivity index (χ1n) is 9.26. The molecule has 0 aliphatic carbocycles. The van der Waals surface area contributed by atoms with E-state index in [1.54, 1.807) is 12.1 Å². The largest absolute Gasteiger partial charge is 0.497 e. The van der Waals surface area contributed by atoms with E-state index in [4.69, 9.17) is 9.47 Å². The Hall–Kier alpha value is -2.54. The van der Waals surface area contributed by atoms with Gasteiger partial charge < -0.3 is 9.47 Å². The van der Waals surface area contributed by atoms with Gasteiger partial charge in [-0.2, -0.15) is 18.4 Å². The second kappa shape index (κ2) is 9.59. The number of hydrazone groups is 1. The fourth-order valence-electron chi connectivity index (χ4n) is 2.75. The summed E-state index contributed by atoms with van der Waals surface area (Å²) in [5.74, 6) is 1.12. The molecule has 0 aliphatic rings. The fourth-order valence-corrected chi connectivity index (χ4v) is 3.76. The lowest BCUT2D eigenvalue weighted by molar-refractivity contribution is 0.392. The van der Waals surface area contributed by atoms with Gasteiger partial charge in [-0.1, -0.05) is 45.0 Å². The molecule has 7 heteroatoms. The molecule has 0 saturated heterocycles. The second-order valence-corrected chi connectivity index (χ2v) is 8.08. The van der Waals surface area contributed by atoms with Crippen LogP contribution in [0, 0.1) is 0 Å². The summed E-state index contributed by atoms with van der Waals surface area (Å²) in [5, 5.41) is 4.17. The number of hydrogen-bond acceptors (Lipinski definition) is 5. The molecule has 28 heavy (non-hydrogen) atoms. The highest BCUT2D eigenvalue weighted by molar-refractivity contribution is 7.89. The molecule has 0 amide bonds. The van der Waals surface area contributed by atoms with Gasteiger partial charge in [-0.05, 0) is 42.0 Å². The maximum atomic E-state index is 12.8. The number of hydrogen-bond donors (Lipinski definition) is 1. The number of nitrogens with zero attached hydrogens (tertiary/aromatic N) is 1. The Labute approximate surface area is 167 Å². The Kier molecular flexibility index (Phi) is 7.45. The van der Waals surface area contributed by atoms with Gasteiger partial charge in [-0.25, -0.2) is 0 Å². The first-order chi connectivity index (χ1) is 13.4. The number of rotatable bonds is 9. The van der Waals surface area contributed by atoms with Crippen LogP contribution in [0.1, 0.15) is 50.7 Å². The lowest BCUT2D eigenvalue weighted by Gasteiger charge is -2.12. The van der Waals surface area contributed by atoms with E-state index in [0.717, 1.165) is 12.0 Å². The SMILES string of the molecule is CC/C(=N\NS(=O)(=O)c1cc(OC)ccc1OC)c1ccc([C@H](C)CC)cc1. The van der Waals surface area contributed by atoms with E-state index in [0.29, 0.717) is 23.8 Å². The molecule has 0 aromatic heterocycles. The summed E-state index contributed by atoms with van der Waals surface area (Å²) in [6.45, 7) is 6.26. The molecule has 1 N–H and O–H groups in total. The van der Waals surface area contributed by atoms with Gasteiger partial charge in [0.2, 0.25) is 0 Å². The Bertz CT molecular complexity index is 922. The molecule has 0 aliphatic heterocycles. The van der Waals surface area contributed by atoms with Crippen LogP contribution < -0.4 is 14.3 Å². The lowest BCUT2D eigenvalue weighted by Crippen LogP contribution is -2.21. The van der Waals surface area contributed by atoms with Crippen molar-refractivity contribution in [1.82, 2.24) is 4.83 Å². The van der Waals surface area contributed by atoms with Crippen molar-refractivity contribution in [3.63, 3.8) is 0 Å². The minimum absolute atomic E-state index is 0.0272. The van der Waals surface area contributed by atoms with Gasteiger partial charge in [-0.15, -0.1) is 0 Å². The van der Waals surface area contributed by atoms with E-state index < -0.39 is 10.0 Å². The van der Waals surface area contributed by atoms with Gasteiger partial charge in [0.25, 0.3) is 10.0 Å². The molecule has 2 aromatic rings. The normalized spacial score (nSPS) is 13.1. The predicted octanol–water partition coefficient (Wildman–Crippen LogP) is 4.31. The third kappa shape index (κ3) is 5.04. The van der Waals surface area contributed by atoms with Crippen molar-refractivity contribution in [2.75, 3.05) is 14.2 Å². The minimum Gasteiger partial charge on any atom is -0.497 e. The van der Waals surface area contributed by atoms with Crippen molar-refractivity contribution >= 4 is 15.7 Å². The van der Waals surface area contributed by atoms with Crippen LogP contribution in [0.25, 0.3) is 0 Å². The maximum absolute atomic E-state index is 12.8. The third-order valence-corrected chi connectivity index (χ3v) is 5.95. The fraction of sp³-hybridized carbons (Fsp3) is 0.381. The first kappa shape index (κ1) is 21.8. The number of ether oxygens (including phenoxy) is 2. The molecule has 2 aromatic carbocycles. The predicted molar refractivity (Wildman–Crippen MR) is 112 cm³/mol. The average molecular weight is 405 g/mol.